The quantitative estimate of drug-likeness (QED) is 0.926. The van der Waals surface area contributed by atoms with Gasteiger partial charge in [0.05, 0.1) is 13.2 Å². The van der Waals surface area contributed by atoms with Crippen LogP contribution < -0.4 is 4.74 Å². The number of hydrogen-bond acceptors (Lipinski definition) is 3. The highest BCUT2D eigenvalue weighted by Crippen LogP contribution is 2.39. The summed E-state index contributed by atoms with van der Waals surface area (Å²) in [6, 6.07) is 6.20. The number of rotatable bonds is 4. The molecular formula is C17H24FNO2. The zero-order valence-corrected chi connectivity index (χ0v) is 12.8. The Balaban J connectivity index is 1.64. The van der Waals surface area contributed by atoms with E-state index in [2.05, 4.69) is 11.9 Å². The number of nitrogens with zero attached hydrogens (tertiary/aromatic N) is 1. The van der Waals surface area contributed by atoms with Crippen molar-refractivity contribution >= 4 is 0 Å². The molecule has 0 aromatic heterocycles. The third-order valence-corrected chi connectivity index (χ3v) is 5.34. The van der Waals surface area contributed by atoms with Crippen molar-refractivity contribution in [3.8, 4) is 5.75 Å². The van der Waals surface area contributed by atoms with Gasteiger partial charge < -0.3 is 14.7 Å². The maximum Gasteiger partial charge on any atom is 0.165 e. The van der Waals surface area contributed by atoms with Gasteiger partial charge in [0.15, 0.2) is 11.6 Å². The van der Waals surface area contributed by atoms with Gasteiger partial charge in [0.1, 0.15) is 0 Å². The van der Waals surface area contributed by atoms with Crippen LogP contribution in [0.3, 0.4) is 0 Å². The van der Waals surface area contributed by atoms with Gasteiger partial charge in [-0.15, -0.1) is 0 Å². The molecule has 1 aromatic carbocycles. The van der Waals surface area contributed by atoms with Crippen LogP contribution >= 0.6 is 0 Å². The minimum Gasteiger partial charge on any atom is -0.494 e. The first-order valence-corrected chi connectivity index (χ1v) is 7.81. The molecule has 0 amide bonds. The summed E-state index contributed by atoms with van der Waals surface area (Å²) in [7, 11) is 3.66. The van der Waals surface area contributed by atoms with Gasteiger partial charge in [0, 0.05) is 12.1 Å². The van der Waals surface area contributed by atoms with Gasteiger partial charge in [-0.2, -0.15) is 0 Å². The number of ether oxygens (including phenoxy) is 1. The monoisotopic (exact) mass is 293 g/mol. The van der Waals surface area contributed by atoms with E-state index in [1.807, 2.05) is 6.07 Å². The van der Waals surface area contributed by atoms with Crippen LogP contribution in [0, 0.1) is 11.7 Å². The van der Waals surface area contributed by atoms with E-state index in [1.165, 1.54) is 26.0 Å². The summed E-state index contributed by atoms with van der Waals surface area (Å²) in [5.41, 5.74) is 0.840. The van der Waals surface area contributed by atoms with Crippen molar-refractivity contribution in [1.82, 2.24) is 4.90 Å². The second-order valence-corrected chi connectivity index (χ2v) is 6.52. The first-order valence-electron chi connectivity index (χ1n) is 7.81. The van der Waals surface area contributed by atoms with Crippen LogP contribution in [0.15, 0.2) is 18.2 Å². The molecule has 4 heteroatoms. The highest BCUT2D eigenvalue weighted by atomic mass is 19.1. The zero-order chi connectivity index (χ0) is 15.0. The van der Waals surface area contributed by atoms with Crippen molar-refractivity contribution in [1.29, 1.82) is 0 Å². The van der Waals surface area contributed by atoms with E-state index >= 15 is 0 Å². The summed E-state index contributed by atoms with van der Waals surface area (Å²) in [4.78, 5) is 2.47. The molecule has 2 bridgehead atoms. The molecule has 3 unspecified atom stereocenters. The fraction of sp³-hybridized carbons (Fsp3) is 0.647. The van der Waals surface area contributed by atoms with Crippen molar-refractivity contribution in [2.75, 3.05) is 14.2 Å². The lowest BCUT2D eigenvalue weighted by Crippen LogP contribution is -2.43. The van der Waals surface area contributed by atoms with Crippen LogP contribution in [-0.2, 0) is 6.42 Å². The molecule has 2 saturated heterocycles. The molecule has 2 aliphatic heterocycles. The van der Waals surface area contributed by atoms with Crippen LogP contribution in [0.25, 0.3) is 0 Å². The summed E-state index contributed by atoms with van der Waals surface area (Å²) in [5, 5.41) is 10.5. The largest absolute Gasteiger partial charge is 0.494 e. The summed E-state index contributed by atoms with van der Waals surface area (Å²) in [5.74, 6) is 0.236. The van der Waals surface area contributed by atoms with Crippen molar-refractivity contribution < 1.29 is 14.2 Å². The number of aliphatic hydroxyl groups is 1. The number of aliphatic hydroxyl groups excluding tert-OH is 1. The third kappa shape index (κ3) is 2.92. The Bertz CT molecular complexity index is 494. The molecule has 1 aromatic rings. The predicted octanol–water partition coefficient (Wildman–Crippen LogP) is 2.61. The molecule has 0 aliphatic carbocycles. The van der Waals surface area contributed by atoms with Crippen molar-refractivity contribution in [2.45, 2.75) is 50.3 Å². The summed E-state index contributed by atoms with van der Waals surface area (Å²) in [6.07, 6.45) is 4.77. The van der Waals surface area contributed by atoms with Crippen molar-refractivity contribution in [2.24, 2.45) is 5.92 Å². The van der Waals surface area contributed by atoms with E-state index in [9.17, 15) is 9.50 Å². The molecular weight excluding hydrogens is 269 g/mol. The van der Waals surface area contributed by atoms with Gasteiger partial charge in [0.25, 0.3) is 0 Å². The summed E-state index contributed by atoms with van der Waals surface area (Å²) >= 11 is 0. The van der Waals surface area contributed by atoms with Crippen LogP contribution in [0.2, 0.25) is 0 Å². The van der Waals surface area contributed by atoms with Gasteiger partial charge in [-0.3, -0.25) is 0 Å². The Morgan fingerprint density at radius 3 is 2.57 bits per heavy atom. The van der Waals surface area contributed by atoms with Gasteiger partial charge in [0.2, 0.25) is 0 Å². The molecule has 0 spiro atoms. The van der Waals surface area contributed by atoms with E-state index in [1.54, 1.807) is 6.07 Å². The normalized spacial score (nSPS) is 30.4. The second-order valence-electron chi connectivity index (χ2n) is 6.52. The lowest BCUT2D eigenvalue weighted by molar-refractivity contribution is 0.0367. The molecule has 2 fully saturated rings. The van der Waals surface area contributed by atoms with Crippen LogP contribution in [0.4, 0.5) is 4.39 Å². The number of piperidine rings is 1. The molecule has 2 heterocycles. The van der Waals surface area contributed by atoms with Crippen LogP contribution in [-0.4, -0.2) is 42.4 Å². The Morgan fingerprint density at radius 2 is 2.00 bits per heavy atom. The SMILES string of the molecule is COc1ccc(CC(O)C2CC3CCC(C2)N3C)cc1F. The molecule has 3 atom stereocenters. The number of fused-ring (bicyclic) bond motifs is 2. The predicted molar refractivity (Wildman–Crippen MR) is 80.0 cm³/mol. The van der Waals surface area contributed by atoms with E-state index in [0.29, 0.717) is 24.4 Å². The smallest absolute Gasteiger partial charge is 0.165 e. The molecule has 116 valence electrons. The topological polar surface area (TPSA) is 32.7 Å². The van der Waals surface area contributed by atoms with E-state index in [4.69, 9.17) is 4.74 Å². The van der Waals surface area contributed by atoms with Crippen molar-refractivity contribution in [3.63, 3.8) is 0 Å². The first-order chi connectivity index (χ1) is 10.1. The average molecular weight is 293 g/mol. The van der Waals surface area contributed by atoms with Gasteiger partial charge in [-0.05, 0) is 62.8 Å². The molecule has 21 heavy (non-hydrogen) atoms. The molecule has 0 saturated carbocycles. The number of halogens is 1. The lowest BCUT2D eigenvalue weighted by Gasteiger charge is -2.38. The van der Waals surface area contributed by atoms with Gasteiger partial charge >= 0.3 is 0 Å². The van der Waals surface area contributed by atoms with Gasteiger partial charge in [-0.25, -0.2) is 4.39 Å². The maximum atomic E-state index is 13.7. The zero-order valence-electron chi connectivity index (χ0n) is 12.8. The lowest BCUT2D eigenvalue weighted by atomic mass is 9.84. The Labute approximate surface area is 125 Å². The Kier molecular flexibility index (Phi) is 4.18. The molecule has 3 nitrogen and oxygen atoms in total. The minimum absolute atomic E-state index is 0.255. The Morgan fingerprint density at radius 1 is 1.33 bits per heavy atom. The number of methoxy groups -OCH3 is 1. The van der Waals surface area contributed by atoms with E-state index in [0.717, 1.165) is 18.4 Å². The van der Waals surface area contributed by atoms with Crippen molar-refractivity contribution in [3.05, 3.63) is 29.6 Å². The van der Waals surface area contributed by atoms with Crippen LogP contribution in [0.1, 0.15) is 31.2 Å². The Hall–Kier alpha value is -1.13. The van der Waals surface area contributed by atoms with E-state index < -0.39 is 0 Å². The molecule has 3 rings (SSSR count). The third-order valence-electron chi connectivity index (χ3n) is 5.34. The first kappa shape index (κ1) is 14.8. The second kappa shape index (κ2) is 5.93. The fourth-order valence-electron chi connectivity index (χ4n) is 4.01. The summed E-state index contributed by atoms with van der Waals surface area (Å²) < 4.78 is 18.6. The fourth-order valence-corrected chi connectivity index (χ4v) is 4.01. The molecule has 0 radical (unpaired) electrons. The molecule has 2 aliphatic rings. The minimum atomic E-state index is -0.380. The highest BCUT2D eigenvalue weighted by Gasteiger charge is 2.40. The van der Waals surface area contributed by atoms with Crippen LogP contribution in [0.5, 0.6) is 5.75 Å². The maximum absolute atomic E-state index is 13.7. The van der Waals surface area contributed by atoms with E-state index in [-0.39, 0.29) is 17.7 Å². The average Bonchev–Trinajstić information content (AvgIpc) is 2.69. The number of hydrogen-bond donors (Lipinski definition) is 1. The number of benzene rings is 1. The van der Waals surface area contributed by atoms with Gasteiger partial charge in [-0.1, -0.05) is 6.07 Å². The molecule has 1 N–H and O–H groups in total. The highest BCUT2D eigenvalue weighted by molar-refractivity contribution is 5.29. The summed E-state index contributed by atoms with van der Waals surface area (Å²) in [6.45, 7) is 0. The standard InChI is InChI=1S/C17H24FNO2/c1-19-13-4-5-14(19)10-12(9-13)16(20)8-11-3-6-17(21-2)15(18)7-11/h3,6-7,12-14,16,20H,4-5,8-10H2,1-2H3.